The van der Waals surface area contributed by atoms with Crippen molar-refractivity contribution in [3.63, 3.8) is 0 Å². The van der Waals surface area contributed by atoms with Crippen LogP contribution in [0.2, 0.25) is 0 Å². The van der Waals surface area contributed by atoms with Crippen LogP contribution in [0.1, 0.15) is 6.92 Å². The predicted octanol–water partition coefficient (Wildman–Crippen LogP) is 1.04. The van der Waals surface area contributed by atoms with Gasteiger partial charge in [0.15, 0.2) is 0 Å². The molecule has 0 saturated carbocycles. The Bertz CT molecular complexity index is 212. The highest BCUT2D eigenvalue weighted by molar-refractivity contribution is 9.09. The molecule has 0 aliphatic rings. The largest absolute Gasteiger partial charge is 0.463 e. The molecule has 0 bridgehead atoms. The molecular weight excluding hydrogens is 240 g/mol. The highest BCUT2D eigenvalue weighted by Crippen LogP contribution is 1.97. The first-order chi connectivity index (χ1) is 6.11. The Labute approximate surface area is 85.0 Å². The van der Waals surface area contributed by atoms with Crippen LogP contribution in [0.15, 0.2) is 12.2 Å². The average Bonchev–Trinajstić information content (AvgIpc) is 2.13. The van der Waals surface area contributed by atoms with E-state index in [0.717, 1.165) is 0 Å². The van der Waals surface area contributed by atoms with Gasteiger partial charge in [-0.1, -0.05) is 22.5 Å². The summed E-state index contributed by atoms with van der Waals surface area (Å²) in [6, 6.07) is 0. The van der Waals surface area contributed by atoms with E-state index in [1.54, 1.807) is 6.92 Å². The minimum Gasteiger partial charge on any atom is -0.463 e. The number of hydrogen-bond acceptors (Lipinski definition) is 4. The lowest BCUT2D eigenvalue weighted by Gasteiger charge is -2.05. The fraction of sp³-hybridized carbons (Fsp3) is 0.500. The van der Waals surface area contributed by atoms with Gasteiger partial charge in [0.2, 0.25) is 0 Å². The molecule has 0 radical (unpaired) electrons. The van der Waals surface area contributed by atoms with E-state index >= 15 is 0 Å². The number of ether oxygens (including phenoxy) is 2. The molecule has 0 rings (SSSR count). The molecule has 74 valence electrons. The van der Waals surface area contributed by atoms with Crippen LogP contribution in [0, 0.1) is 0 Å². The van der Waals surface area contributed by atoms with Crippen molar-refractivity contribution in [3.8, 4) is 0 Å². The van der Waals surface area contributed by atoms with E-state index in [4.69, 9.17) is 0 Å². The molecule has 0 unspecified atom stereocenters. The maximum atomic E-state index is 10.9. The van der Waals surface area contributed by atoms with Crippen molar-refractivity contribution in [1.29, 1.82) is 0 Å². The summed E-state index contributed by atoms with van der Waals surface area (Å²) in [5.41, 5.74) is 0.135. The monoisotopic (exact) mass is 250 g/mol. The van der Waals surface area contributed by atoms with E-state index in [2.05, 4.69) is 32.0 Å². The molecule has 4 nitrogen and oxygen atoms in total. The summed E-state index contributed by atoms with van der Waals surface area (Å²) < 4.78 is 9.26. The second-order valence-corrected chi connectivity index (χ2v) is 2.68. The Morgan fingerprint density at radius 2 is 2.00 bits per heavy atom. The smallest absolute Gasteiger partial charge is 0.336 e. The fourth-order valence-corrected chi connectivity index (χ4v) is 0.660. The van der Waals surface area contributed by atoms with Gasteiger partial charge in [-0.2, -0.15) is 0 Å². The number of rotatable bonds is 5. The Morgan fingerprint density at radius 3 is 2.46 bits per heavy atom. The number of carbonyl (C=O) groups is 2. The summed E-state index contributed by atoms with van der Waals surface area (Å²) >= 11 is 2.91. The molecule has 0 N–H and O–H groups in total. The molecule has 0 atom stereocenters. The van der Waals surface area contributed by atoms with Crippen LogP contribution in [0.5, 0.6) is 0 Å². The Morgan fingerprint density at radius 1 is 1.38 bits per heavy atom. The molecule has 0 aromatic rings. The Kier molecular flexibility index (Phi) is 6.22. The molecule has 0 amide bonds. The number of hydrogen-bond donors (Lipinski definition) is 0. The van der Waals surface area contributed by atoms with Crippen molar-refractivity contribution in [1.82, 2.24) is 0 Å². The highest BCUT2D eigenvalue weighted by atomic mass is 79.9. The molecular formula is C8H11BrO4. The van der Waals surface area contributed by atoms with Crippen LogP contribution < -0.4 is 0 Å². The first-order valence-electron chi connectivity index (χ1n) is 3.68. The predicted molar refractivity (Wildman–Crippen MR) is 50.5 cm³/mol. The van der Waals surface area contributed by atoms with Gasteiger partial charge in [-0.05, 0) is 6.92 Å². The van der Waals surface area contributed by atoms with Gasteiger partial charge in [0.1, 0.15) is 11.9 Å². The third kappa shape index (κ3) is 5.41. The molecule has 0 aromatic heterocycles. The van der Waals surface area contributed by atoms with Gasteiger partial charge in [0.05, 0.1) is 12.2 Å². The molecule has 0 aliphatic heterocycles. The van der Waals surface area contributed by atoms with Crippen molar-refractivity contribution < 1.29 is 19.1 Å². The van der Waals surface area contributed by atoms with Gasteiger partial charge in [-0.15, -0.1) is 0 Å². The van der Waals surface area contributed by atoms with Gasteiger partial charge in [-0.25, -0.2) is 4.79 Å². The molecule has 13 heavy (non-hydrogen) atoms. The fourth-order valence-electron chi connectivity index (χ4n) is 0.498. The normalized spacial score (nSPS) is 9.08. The van der Waals surface area contributed by atoms with Crippen LogP contribution in [0.4, 0.5) is 0 Å². The zero-order valence-electron chi connectivity index (χ0n) is 7.34. The minimum atomic E-state index is -0.537. The lowest BCUT2D eigenvalue weighted by Crippen LogP contribution is -2.15. The molecule has 5 heteroatoms. The minimum absolute atomic E-state index is 0.100. The number of halogens is 1. The second-order valence-electron chi connectivity index (χ2n) is 2.12. The van der Waals surface area contributed by atoms with E-state index in [-0.39, 0.29) is 24.1 Å². The second kappa shape index (κ2) is 6.65. The topological polar surface area (TPSA) is 52.6 Å². The van der Waals surface area contributed by atoms with E-state index in [9.17, 15) is 9.59 Å². The Balaban J connectivity index is 3.74. The van der Waals surface area contributed by atoms with Crippen LogP contribution >= 0.6 is 15.9 Å². The quantitative estimate of drug-likeness (QED) is 0.416. The average molecular weight is 251 g/mol. The molecule has 0 aliphatic carbocycles. The molecule has 0 spiro atoms. The summed E-state index contributed by atoms with van der Waals surface area (Å²) in [6.07, 6.45) is 0. The zero-order chi connectivity index (χ0) is 10.3. The van der Waals surface area contributed by atoms with Crippen molar-refractivity contribution in [2.24, 2.45) is 0 Å². The van der Waals surface area contributed by atoms with Crippen molar-refractivity contribution in [2.75, 3.05) is 18.5 Å². The van der Waals surface area contributed by atoms with Crippen LogP contribution in [-0.4, -0.2) is 30.5 Å². The number of carbonyl (C=O) groups excluding carboxylic acids is 2. The summed E-state index contributed by atoms with van der Waals surface area (Å²) in [5.74, 6) is -0.977. The summed E-state index contributed by atoms with van der Waals surface area (Å²) in [5, 5.41) is 0.100. The van der Waals surface area contributed by atoms with Crippen molar-refractivity contribution >= 4 is 27.9 Å². The van der Waals surface area contributed by atoms with Gasteiger partial charge < -0.3 is 9.47 Å². The Hall–Kier alpha value is -0.840. The summed E-state index contributed by atoms with van der Waals surface area (Å²) in [7, 11) is 0. The maximum Gasteiger partial charge on any atom is 0.336 e. The van der Waals surface area contributed by atoms with Gasteiger partial charge in [-0.3, -0.25) is 4.79 Å². The van der Waals surface area contributed by atoms with Crippen molar-refractivity contribution in [2.45, 2.75) is 6.92 Å². The van der Waals surface area contributed by atoms with Gasteiger partial charge in [0, 0.05) is 0 Å². The van der Waals surface area contributed by atoms with E-state index in [1.807, 2.05) is 0 Å². The van der Waals surface area contributed by atoms with E-state index in [1.165, 1.54) is 0 Å². The molecule has 0 heterocycles. The van der Waals surface area contributed by atoms with E-state index < -0.39 is 11.9 Å². The molecule has 0 aromatic carbocycles. The van der Waals surface area contributed by atoms with Crippen LogP contribution in [0.3, 0.4) is 0 Å². The number of alkyl halides is 1. The van der Waals surface area contributed by atoms with Crippen LogP contribution in [0.25, 0.3) is 0 Å². The maximum absolute atomic E-state index is 10.9. The van der Waals surface area contributed by atoms with Crippen molar-refractivity contribution in [3.05, 3.63) is 12.2 Å². The molecule has 0 fully saturated rings. The summed E-state index contributed by atoms with van der Waals surface area (Å²) in [6.45, 7) is 5.26. The first-order valence-corrected chi connectivity index (χ1v) is 4.80. The van der Waals surface area contributed by atoms with Crippen LogP contribution in [-0.2, 0) is 19.1 Å². The first kappa shape index (κ1) is 12.2. The third-order valence-corrected chi connectivity index (χ3v) is 1.54. The van der Waals surface area contributed by atoms with Gasteiger partial charge >= 0.3 is 11.9 Å². The lowest BCUT2D eigenvalue weighted by molar-refractivity contribution is -0.142. The zero-order valence-corrected chi connectivity index (χ0v) is 8.93. The standard InChI is InChI=1S/C8H11BrO4/c1-3-12-8(11)6(2)5-13-7(10)4-9/h2-5H2,1H3. The van der Waals surface area contributed by atoms with Gasteiger partial charge in [0.25, 0.3) is 0 Å². The molecule has 0 saturated heterocycles. The van der Waals surface area contributed by atoms with E-state index in [0.29, 0.717) is 0 Å². The highest BCUT2D eigenvalue weighted by Gasteiger charge is 2.09. The third-order valence-electron chi connectivity index (χ3n) is 1.08. The SMILES string of the molecule is C=C(COC(=O)CBr)C(=O)OCC. The summed E-state index contributed by atoms with van der Waals surface area (Å²) in [4.78, 5) is 21.6. The number of esters is 2. The lowest BCUT2D eigenvalue weighted by atomic mass is 10.3.